The lowest BCUT2D eigenvalue weighted by Gasteiger charge is -2.39. The minimum atomic E-state index is -1.24. The highest BCUT2D eigenvalue weighted by Crippen LogP contribution is 2.32. The normalized spacial score (nSPS) is 22.9. The molecule has 0 aliphatic carbocycles. The quantitative estimate of drug-likeness (QED) is 0.925. The number of likely N-dealkylation sites (N-methyl/N-ethyl adjacent to an activating group) is 1. The second-order valence-electron chi connectivity index (χ2n) is 4.40. The van der Waals surface area contributed by atoms with Crippen molar-refractivity contribution in [2.45, 2.75) is 19.1 Å². The summed E-state index contributed by atoms with van der Waals surface area (Å²) in [6, 6.07) is 2.82. The molecule has 7 heteroatoms. The second kappa shape index (κ2) is 5.76. The van der Waals surface area contributed by atoms with Gasteiger partial charge in [0.2, 0.25) is 5.91 Å². The average Bonchev–Trinajstić information content (AvgIpc) is 2.36. The van der Waals surface area contributed by atoms with Crippen LogP contribution in [0.4, 0.5) is 4.39 Å². The molecule has 1 aliphatic heterocycles. The molecule has 0 aromatic heterocycles. The van der Waals surface area contributed by atoms with Crippen LogP contribution in [0.25, 0.3) is 0 Å². The Morgan fingerprint density at radius 1 is 1.55 bits per heavy atom. The monoisotopic (exact) mass is 301 g/mol. The summed E-state index contributed by atoms with van der Waals surface area (Å²) in [4.78, 5) is 24.5. The molecule has 2 rings (SSSR count). The van der Waals surface area contributed by atoms with Gasteiger partial charge in [0.25, 0.3) is 0 Å². The summed E-state index contributed by atoms with van der Waals surface area (Å²) in [5.74, 6) is -2.14. The number of hydrogen-bond donors (Lipinski definition) is 1. The van der Waals surface area contributed by atoms with E-state index in [1.165, 1.54) is 11.0 Å². The van der Waals surface area contributed by atoms with Crippen molar-refractivity contribution in [1.29, 1.82) is 0 Å². The highest BCUT2D eigenvalue weighted by atomic mass is 35.5. The number of carboxylic acids is 1. The minimum absolute atomic E-state index is 0.137. The third-order valence-corrected chi connectivity index (χ3v) is 3.36. The summed E-state index contributed by atoms with van der Waals surface area (Å²) in [7, 11) is 0. The molecule has 1 heterocycles. The van der Waals surface area contributed by atoms with Crippen molar-refractivity contribution in [3.05, 3.63) is 34.6 Å². The molecule has 1 aliphatic rings. The van der Waals surface area contributed by atoms with E-state index in [9.17, 15) is 19.1 Å². The number of halogens is 2. The first-order chi connectivity index (χ1) is 9.43. The van der Waals surface area contributed by atoms with Crippen molar-refractivity contribution in [2.24, 2.45) is 0 Å². The molecule has 2 atom stereocenters. The van der Waals surface area contributed by atoms with Gasteiger partial charge in [0.05, 0.1) is 6.04 Å². The predicted octanol–water partition coefficient (Wildman–Crippen LogP) is 1.85. The molecule has 1 N–H and O–H groups in total. The molecule has 1 fully saturated rings. The number of carbonyl (C=O) groups excluding carboxylic acids is 1. The average molecular weight is 302 g/mol. The Balaban J connectivity index is 2.49. The van der Waals surface area contributed by atoms with Gasteiger partial charge in [-0.2, -0.15) is 0 Å². The van der Waals surface area contributed by atoms with Crippen LogP contribution in [0.2, 0.25) is 5.02 Å². The third kappa shape index (κ3) is 2.76. The van der Waals surface area contributed by atoms with Crippen molar-refractivity contribution >= 4 is 23.5 Å². The molecule has 0 spiro atoms. The van der Waals surface area contributed by atoms with Crippen LogP contribution in [0.15, 0.2) is 18.2 Å². The maximum atomic E-state index is 13.5. The number of nitrogens with zero attached hydrogens (tertiary/aromatic N) is 1. The van der Waals surface area contributed by atoms with Gasteiger partial charge in [-0.15, -0.1) is 0 Å². The topological polar surface area (TPSA) is 66.8 Å². The minimum Gasteiger partial charge on any atom is -0.479 e. The Morgan fingerprint density at radius 2 is 2.25 bits per heavy atom. The SMILES string of the molecule is CCN1C(=O)COC(C(=O)O)C1c1cc(F)cc(Cl)c1. The first-order valence-electron chi connectivity index (χ1n) is 6.04. The zero-order valence-electron chi connectivity index (χ0n) is 10.7. The molecular weight excluding hydrogens is 289 g/mol. The first kappa shape index (κ1) is 14.7. The Morgan fingerprint density at radius 3 is 2.80 bits per heavy atom. The van der Waals surface area contributed by atoms with E-state index in [4.69, 9.17) is 16.3 Å². The van der Waals surface area contributed by atoms with Crippen molar-refractivity contribution < 1.29 is 23.8 Å². The van der Waals surface area contributed by atoms with E-state index in [-0.39, 0.29) is 17.5 Å². The van der Waals surface area contributed by atoms with Gasteiger partial charge in [-0.1, -0.05) is 11.6 Å². The molecule has 2 unspecified atom stereocenters. The summed E-state index contributed by atoms with van der Waals surface area (Å²) >= 11 is 5.79. The summed E-state index contributed by atoms with van der Waals surface area (Å²) in [6.07, 6.45) is -1.24. The van der Waals surface area contributed by atoms with Crippen LogP contribution >= 0.6 is 11.6 Å². The third-order valence-electron chi connectivity index (χ3n) is 3.14. The van der Waals surface area contributed by atoms with Crippen molar-refractivity contribution in [3.63, 3.8) is 0 Å². The Labute approximate surface area is 119 Å². The summed E-state index contributed by atoms with van der Waals surface area (Å²) in [5, 5.41) is 9.36. The number of hydrogen-bond acceptors (Lipinski definition) is 3. The fourth-order valence-electron chi connectivity index (χ4n) is 2.33. The molecule has 0 radical (unpaired) electrons. The maximum absolute atomic E-state index is 13.5. The lowest BCUT2D eigenvalue weighted by atomic mass is 9.97. The lowest BCUT2D eigenvalue weighted by molar-refractivity contribution is -0.172. The molecule has 20 heavy (non-hydrogen) atoms. The summed E-state index contributed by atoms with van der Waals surface area (Å²) in [5.41, 5.74) is 0.303. The standard InChI is InChI=1S/C13H13ClFNO4/c1-2-16-10(17)6-20-12(13(18)19)11(16)7-3-8(14)5-9(15)4-7/h3-5,11-12H,2,6H2,1H3,(H,18,19). The molecule has 1 aromatic rings. The first-order valence-corrected chi connectivity index (χ1v) is 6.41. The largest absolute Gasteiger partial charge is 0.479 e. The molecule has 0 saturated carbocycles. The molecule has 1 saturated heterocycles. The second-order valence-corrected chi connectivity index (χ2v) is 4.83. The predicted molar refractivity (Wildman–Crippen MR) is 68.9 cm³/mol. The van der Waals surface area contributed by atoms with E-state index >= 15 is 0 Å². The Bertz CT molecular complexity index is 529. The number of rotatable bonds is 3. The highest BCUT2D eigenvalue weighted by Gasteiger charge is 2.41. The van der Waals surface area contributed by atoms with Crippen LogP contribution in [0.5, 0.6) is 0 Å². The zero-order chi connectivity index (χ0) is 14.9. The van der Waals surface area contributed by atoms with E-state index in [1.54, 1.807) is 6.92 Å². The van der Waals surface area contributed by atoms with Crippen LogP contribution in [-0.4, -0.2) is 41.1 Å². The van der Waals surface area contributed by atoms with Crippen molar-refractivity contribution in [2.75, 3.05) is 13.2 Å². The van der Waals surface area contributed by atoms with E-state index in [2.05, 4.69) is 0 Å². The molecule has 1 amide bonds. The summed E-state index contributed by atoms with van der Waals surface area (Å²) < 4.78 is 18.5. The number of carboxylic acid groups (broad SMARTS) is 1. The number of carbonyl (C=O) groups is 2. The zero-order valence-corrected chi connectivity index (χ0v) is 11.4. The number of ether oxygens (including phenoxy) is 1. The molecule has 5 nitrogen and oxygen atoms in total. The number of aliphatic carboxylic acids is 1. The van der Waals surface area contributed by atoms with Crippen LogP contribution in [0, 0.1) is 5.82 Å². The van der Waals surface area contributed by atoms with Gasteiger partial charge in [-0.25, -0.2) is 9.18 Å². The molecular formula is C13H13ClFNO4. The number of amides is 1. The highest BCUT2D eigenvalue weighted by molar-refractivity contribution is 6.30. The summed E-state index contributed by atoms with van der Waals surface area (Å²) in [6.45, 7) is 1.71. The van der Waals surface area contributed by atoms with Gasteiger partial charge in [0.1, 0.15) is 12.4 Å². The fourth-order valence-corrected chi connectivity index (χ4v) is 2.56. The van der Waals surface area contributed by atoms with E-state index in [1.807, 2.05) is 0 Å². The maximum Gasteiger partial charge on any atom is 0.335 e. The van der Waals surface area contributed by atoms with Crippen LogP contribution in [0.3, 0.4) is 0 Å². The van der Waals surface area contributed by atoms with Crippen LogP contribution in [-0.2, 0) is 14.3 Å². The lowest BCUT2D eigenvalue weighted by Crippen LogP contribution is -2.51. The van der Waals surface area contributed by atoms with Gasteiger partial charge in [-0.3, -0.25) is 4.79 Å². The molecule has 108 valence electrons. The van der Waals surface area contributed by atoms with E-state index < -0.39 is 23.9 Å². The molecule has 1 aromatic carbocycles. The van der Waals surface area contributed by atoms with E-state index in [0.29, 0.717) is 12.1 Å². The van der Waals surface area contributed by atoms with Gasteiger partial charge in [-0.05, 0) is 30.7 Å². The van der Waals surface area contributed by atoms with E-state index in [0.717, 1.165) is 12.1 Å². The smallest absolute Gasteiger partial charge is 0.335 e. The van der Waals surface area contributed by atoms with Crippen molar-refractivity contribution in [1.82, 2.24) is 4.90 Å². The number of morpholine rings is 1. The Kier molecular flexibility index (Phi) is 4.25. The number of benzene rings is 1. The van der Waals surface area contributed by atoms with Gasteiger partial charge >= 0.3 is 5.97 Å². The van der Waals surface area contributed by atoms with Gasteiger partial charge < -0.3 is 14.7 Å². The van der Waals surface area contributed by atoms with Gasteiger partial charge in [0, 0.05) is 11.6 Å². The fraction of sp³-hybridized carbons (Fsp3) is 0.385. The Hall–Kier alpha value is -1.66. The van der Waals surface area contributed by atoms with Crippen LogP contribution < -0.4 is 0 Å². The van der Waals surface area contributed by atoms with Crippen molar-refractivity contribution in [3.8, 4) is 0 Å². The molecule has 0 bridgehead atoms. The van der Waals surface area contributed by atoms with Gasteiger partial charge in [0.15, 0.2) is 6.10 Å². The van der Waals surface area contributed by atoms with Crippen LogP contribution in [0.1, 0.15) is 18.5 Å².